The molecule has 0 saturated heterocycles. The lowest BCUT2D eigenvalue weighted by Gasteiger charge is -2.21. The first-order chi connectivity index (χ1) is 9.02. The van der Waals surface area contributed by atoms with Crippen molar-refractivity contribution in [2.75, 3.05) is 0 Å². The normalized spacial score (nSPS) is 33.1. The lowest BCUT2D eigenvalue weighted by Crippen LogP contribution is -2.08. The van der Waals surface area contributed by atoms with Crippen LogP contribution in [0.3, 0.4) is 0 Å². The molecular formula is C17H24O2. The van der Waals surface area contributed by atoms with E-state index in [1.54, 1.807) is 0 Å². The van der Waals surface area contributed by atoms with Crippen molar-refractivity contribution >= 4 is 5.78 Å². The van der Waals surface area contributed by atoms with Crippen molar-refractivity contribution in [3.05, 3.63) is 34.6 Å². The maximum Gasteiger partial charge on any atom is 0.159 e. The fourth-order valence-electron chi connectivity index (χ4n) is 3.09. The first-order valence-electron chi connectivity index (χ1n) is 7.37. The molecule has 2 rings (SSSR count). The number of ketones is 1. The Labute approximate surface area is 115 Å². The summed E-state index contributed by atoms with van der Waals surface area (Å²) >= 11 is 0. The molecule has 104 valence electrons. The fraction of sp³-hybridized carbons (Fsp3) is 0.588. The highest BCUT2D eigenvalue weighted by Crippen LogP contribution is 2.38. The minimum atomic E-state index is 0.188. The summed E-state index contributed by atoms with van der Waals surface area (Å²) in [5.41, 5.74) is 3.42. The van der Waals surface area contributed by atoms with Gasteiger partial charge in [-0.25, -0.2) is 0 Å². The lowest BCUT2D eigenvalue weighted by atomic mass is 9.85. The van der Waals surface area contributed by atoms with Crippen molar-refractivity contribution in [3.63, 3.8) is 0 Å². The topological polar surface area (TPSA) is 37.3 Å². The highest BCUT2D eigenvalue weighted by molar-refractivity contribution is 5.99. The van der Waals surface area contributed by atoms with Gasteiger partial charge in [0.25, 0.3) is 0 Å². The number of hydrogen-bond donors (Lipinski definition) is 1. The summed E-state index contributed by atoms with van der Waals surface area (Å²) in [7, 11) is 0. The number of rotatable bonds is 3. The van der Waals surface area contributed by atoms with Crippen LogP contribution in [0, 0.1) is 11.8 Å². The Morgan fingerprint density at radius 3 is 2.79 bits per heavy atom. The van der Waals surface area contributed by atoms with E-state index in [4.69, 9.17) is 0 Å². The average Bonchev–Trinajstić information content (AvgIpc) is 2.59. The Bertz CT molecular complexity index is 466. The van der Waals surface area contributed by atoms with Gasteiger partial charge in [-0.15, -0.1) is 0 Å². The Morgan fingerprint density at radius 2 is 2.11 bits per heavy atom. The molecule has 0 amide bonds. The van der Waals surface area contributed by atoms with Crippen molar-refractivity contribution in [1.29, 1.82) is 0 Å². The fourth-order valence-corrected chi connectivity index (χ4v) is 3.09. The monoisotopic (exact) mass is 260 g/mol. The molecule has 2 atom stereocenters. The number of hydrogen-bond acceptors (Lipinski definition) is 2. The molecule has 1 N–H and O–H groups in total. The van der Waals surface area contributed by atoms with Crippen LogP contribution in [0.2, 0.25) is 0 Å². The lowest BCUT2D eigenvalue weighted by molar-refractivity contribution is -0.115. The number of carbonyl (C=O) groups is 1. The van der Waals surface area contributed by atoms with Crippen molar-refractivity contribution in [3.8, 4) is 0 Å². The molecule has 2 nitrogen and oxygen atoms in total. The third-order valence-corrected chi connectivity index (χ3v) is 4.37. The molecule has 0 aromatic carbocycles. The Kier molecular flexibility index (Phi) is 4.28. The predicted molar refractivity (Wildman–Crippen MR) is 77.9 cm³/mol. The average molecular weight is 260 g/mol. The zero-order chi connectivity index (χ0) is 14.0. The quantitative estimate of drug-likeness (QED) is 0.811. The van der Waals surface area contributed by atoms with Crippen molar-refractivity contribution < 1.29 is 9.90 Å². The van der Waals surface area contributed by atoms with E-state index in [0.717, 1.165) is 18.4 Å². The van der Waals surface area contributed by atoms with Crippen molar-refractivity contribution in [2.24, 2.45) is 11.8 Å². The molecule has 2 aliphatic carbocycles. The summed E-state index contributed by atoms with van der Waals surface area (Å²) in [6, 6.07) is 0. The number of fused-ring (bicyclic) bond motifs is 1. The van der Waals surface area contributed by atoms with E-state index in [2.05, 4.69) is 19.9 Å². The van der Waals surface area contributed by atoms with Crippen LogP contribution in [0.15, 0.2) is 34.6 Å². The van der Waals surface area contributed by atoms with Gasteiger partial charge in [0.1, 0.15) is 0 Å². The first-order valence-corrected chi connectivity index (χ1v) is 7.37. The van der Waals surface area contributed by atoms with E-state index in [1.165, 1.54) is 17.6 Å². The standard InChI is InChI=1S/C17H24O2/c1-4-5-6-13-9-16-12(3)17(19)10-14(16)8-15(18)7-11(13)2/h7,9,11,14,18H,4-6,8,10H2,1-3H3/b13-9-,15-7+/t11-,14+/m0/s1. The summed E-state index contributed by atoms with van der Waals surface area (Å²) in [4.78, 5) is 11.9. The van der Waals surface area contributed by atoms with Crippen LogP contribution in [0.25, 0.3) is 0 Å². The number of carbonyl (C=O) groups excluding carboxylic acids is 1. The highest BCUT2D eigenvalue weighted by atomic mass is 16.3. The molecule has 0 aromatic rings. The molecule has 2 aliphatic rings. The molecule has 0 heterocycles. The van der Waals surface area contributed by atoms with Gasteiger partial charge in [0.2, 0.25) is 0 Å². The van der Waals surface area contributed by atoms with Gasteiger partial charge >= 0.3 is 0 Å². The molecular weight excluding hydrogens is 236 g/mol. The maximum atomic E-state index is 11.9. The predicted octanol–water partition coefficient (Wildman–Crippen LogP) is 4.49. The minimum Gasteiger partial charge on any atom is -0.513 e. The number of aliphatic hydroxyl groups is 1. The molecule has 0 bridgehead atoms. The minimum absolute atomic E-state index is 0.188. The smallest absolute Gasteiger partial charge is 0.159 e. The van der Waals surface area contributed by atoms with Crippen LogP contribution in [-0.2, 0) is 4.79 Å². The van der Waals surface area contributed by atoms with E-state index < -0.39 is 0 Å². The molecule has 0 aromatic heterocycles. The van der Waals surface area contributed by atoms with E-state index in [1.807, 2.05) is 13.0 Å². The van der Waals surface area contributed by atoms with E-state index in [0.29, 0.717) is 18.6 Å². The second-order valence-electron chi connectivity index (χ2n) is 5.88. The number of allylic oxidation sites excluding steroid dienone is 6. The SMILES string of the molecule is CCCC/C1=C/C2=C(C)C(=O)C[C@H]2C/C(O)=C\[C@@H]1C. The number of aliphatic hydroxyl groups excluding tert-OH is 1. The third-order valence-electron chi connectivity index (χ3n) is 4.37. The maximum absolute atomic E-state index is 11.9. The third kappa shape index (κ3) is 2.99. The second-order valence-corrected chi connectivity index (χ2v) is 5.88. The summed E-state index contributed by atoms with van der Waals surface area (Å²) < 4.78 is 0. The highest BCUT2D eigenvalue weighted by Gasteiger charge is 2.30. The van der Waals surface area contributed by atoms with Gasteiger partial charge in [0.05, 0.1) is 5.76 Å². The molecule has 0 saturated carbocycles. The van der Waals surface area contributed by atoms with Crippen LogP contribution >= 0.6 is 0 Å². The second kappa shape index (κ2) is 5.77. The van der Waals surface area contributed by atoms with Crippen LogP contribution in [0.4, 0.5) is 0 Å². The zero-order valence-corrected chi connectivity index (χ0v) is 12.2. The summed E-state index contributed by atoms with van der Waals surface area (Å²) in [6.45, 7) is 6.25. The Balaban J connectivity index is 2.38. The molecule has 0 radical (unpaired) electrons. The van der Waals surface area contributed by atoms with Crippen LogP contribution in [0.1, 0.15) is 52.9 Å². The van der Waals surface area contributed by atoms with Gasteiger partial charge in [-0.3, -0.25) is 4.79 Å². The summed E-state index contributed by atoms with van der Waals surface area (Å²) in [5.74, 6) is 1.14. The molecule has 0 aliphatic heterocycles. The van der Waals surface area contributed by atoms with Crippen LogP contribution in [0.5, 0.6) is 0 Å². The largest absolute Gasteiger partial charge is 0.513 e. The molecule has 0 fully saturated rings. The molecule has 0 spiro atoms. The van der Waals surface area contributed by atoms with Crippen LogP contribution < -0.4 is 0 Å². The van der Waals surface area contributed by atoms with Crippen molar-refractivity contribution in [2.45, 2.75) is 52.9 Å². The zero-order valence-electron chi connectivity index (χ0n) is 12.2. The van der Waals surface area contributed by atoms with Gasteiger partial charge in [0.15, 0.2) is 5.78 Å². The van der Waals surface area contributed by atoms with E-state index in [9.17, 15) is 9.90 Å². The number of unbranched alkanes of at least 4 members (excludes halogenated alkanes) is 1. The van der Waals surface area contributed by atoms with Gasteiger partial charge in [-0.2, -0.15) is 0 Å². The van der Waals surface area contributed by atoms with Gasteiger partial charge < -0.3 is 5.11 Å². The molecule has 2 heteroatoms. The molecule has 0 unspecified atom stereocenters. The Hall–Kier alpha value is -1.31. The summed E-state index contributed by atoms with van der Waals surface area (Å²) in [5, 5.41) is 10.0. The van der Waals surface area contributed by atoms with Crippen LogP contribution in [-0.4, -0.2) is 10.9 Å². The first kappa shape index (κ1) is 14.1. The Morgan fingerprint density at radius 1 is 1.37 bits per heavy atom. The van der Waals surface area contributed by atoms with E-state index in [-0.39, 0.29) is 17.6 Å². The number of Topliss-reactive ketones (excluding diaryl/α,β-unsaturated/α-hetero) is 1. The van der Waals surface area contributed by atoms with Gasteiger partial charge in [0, 0.05) is 12.8 Å². The van der Waals surface area contributed by atoms with E-state index >= 15 is 0 Å². The van der Waals surface area contributed by atoms with Gasteiger partial charge in [-0.05, 0) is 48.8 Å². The van der Waals surface area contributed by atoms with Gasteiger partial charge in [-0.1, -0.05) is 31.9 Å². The molecule has 19 heavy (non-hydrogen) atoms. The van der Waals surface area contributed by atoms with Crippen molar-refractivity contribution in [1.82, 2.24) is 0 Å². The summed E-state index contributed by atoms with van der Waals surface area (Å²) in [6.07, 6.45) is 8.75.